The molecule has 0 aliphatic carbocycles. The average Bonchev–Trinajstić information content (AvgIpc) is 3.21. The van der Waals surface area contributed by atoms with E-state index in [1.54, 1.807) is 43.3 Å². The first-order valence-corrected chi connectivity index (χ1v) is 11.5. The first kappa shape index (κ1) is 21.8. The van der Waals surface area contributed by atoms with Crippen molar-refractivity contribution >= 4 is 39.0 Å². The van der Waals surface area contributed by atoms with Crippen LogP contribution in [-0.2, 0) is 14.8 Å². The molecule has 8 nitrogen and oxygen atoms in total. The molecule has 0 unspecified atom stereocenters. The Kier molecular flexibility index (Phi) is 7.07. The maximum absolute atomic E-state index is 12.6. The highest BCUT2D eigenvalue weighted by atomic mass is 32.2. The van der Waals surface area contributed by atoms with Crippen molar-refractivity contribution in [3.05, 3.63) is 54.6 Å². The van der Waals surface area contributed by atoms with Gasteiger partial charge in [-0.3, -0.25) is 4.79 Å². The molecule has 1 heterocycles. The molecular weight excluding hydrogens is 404 g/mol. The Bertz CT molecular complexity index is 978. The van der Waals surface area contributed by atoms with Crippen LogP contribution in [0.4, 0.5) is 21.9 Å². The molecular formula is C21H26N4O4S. The fourth-order valence-corrected chi connectivity index (χ4v) is 5.13. The normalized spacial score (nSPS) is 16.8. The van der Waals surface area contributed by atoms with Gasteiger partial charge in [-0.05, 0) is 55.7 Å². The van der Waals surface area contributed by atoms with Gasteiger partial charge < -0.3 is 16.0 Å². The zero-order valence-corrected chi connectivity index (χ0v) is 17.6. The highest BCUT2D eigenvalue weighted by Crippen LogP contribution is 2.24. The van der Waals surface area contributed by atoms with Crippen molar-refractivity contribution < 1.29 is 18.0 Å². The molecule has 30 heavy (non-hydrogen) atoms. The van der Waals surface area contributed by atoms with Crippen molar-refractivity contribution in [1.82, 2.24) is 4.31 Å². The van der Waals surface area contributed by atoms with E-state index in [1.807, 2.05) is 18.2 Å². The molecule has 1 fully saturated rings. The molecule has 0 bridgehead atoms. The molecule has 1 saturated heterocycles. The predicted octanol–water partition coefficient (Wildman–Crippen LogP) is 3.47. The maximum Gasteiger partial charge on any atom is 0.323 e. The predicted molar refractivity (Wildman–Crippen MR) is 118 cm³/mol. The largest absolute Gasteiger partial charge is 0.325 e. The van der Waals surface area contributed by atoms with Crippen LogP contribution in [0.3, 0.4) is 0 Å². The Hall–Kier alpha value is -2.91. The second-order valence-electron chi connectivity index (χ2n) is 7.10. The van der Waals surface area contributed by atoms with Crippen LogP contribution in [0.15, 0.2) is 54.6 Å². The molecule has 2 aromatic carbocycles. The number of amides is 3. The van der Waals surface area contributed by atoms with Gasteiger partial charge in [0.25, 0.3) is 0 Å². The molecule has 3 rings (SSSR count). The summed E-state index contributed by atoms with van der Waals surface area (Å²) in [5, 5.41) is 8.21. The molecule has 9 heteroatoms. The van der Waals surface area contributed by atoms with Crippen LogP contribution in [0.5, 0.6) is 0 Å². The molecule has 3 N–H and O–H groups in total. The highest BCUT2D eigenvalue weighted by molar-refractivity contribution is 7.89. The molecule has 3 amide bonds. The highest BCUT2D eigenvalue weighted by Gasteiger charge is 2.38. The number of carbonyl (C=O) groups is 2. The third-order valence-corrected chi connectivity index (χ3v) is 6.84. The van der Waals surface area contributed by atoms with Crippen LogP contribution < -0.4 is 16.0 Å². The molecule has 0 aromatic heterocycles. The summed E-state index contributed by atoms with van der Waals surface area (Å²) in [4.78, 5) is 24.7. The van der Waals surface area contributed by atoms with Crippen molar-refractivity contribution in [2.75, 3.05) is 28.2 Å². The van der Waals surface area contributed by atoms with Gasteiger partial charge in [0.15, 0.2) is 0 Å². The number of nitrogens with zero attached hydrogens (tertiary/aromatic N) is 1. The van der Waals surface area contributed by atoms with Crippen LogP contribution >= 0.6 is 0 Å². The van der Waals surface area contributed by atoms with E-state index in [0.717, 1.165) is 0 Å². The summed E-state index contributed by atoms with van der Waals surface area (Å²) < 4.78 is 26.1. The van der Waals surface area contributed by atoms with Gasteiger partial charge in [0, 0.05) is 23.6 Å². The van der Waals surface area contributed by atoms with E-state index in [9.17, 15) is 18.0 Å². The molecule has 0 radical (unpaired) electrons. The Morgan fingerprint density at radius 3 is 2.10 bits per heavy atom. The summed E-state index contributed by atoms with van der Waals surface area (Å²) in [6.07, 6.45) is 1.69. The van der Waals surface area contributed by atoms with Crippen molar-refractivity contribution in [3.63, 3.8) is 0 Å². The molecule has 1 atom stereocenters. The van der Waals surface area contributed by atoms with E-state index in [-0.39, 0.29) is 17.7 Å². The van der Waals surface area contributed by atoms with Crippen LogP contribution in [0, 0.1) is 0 Å². The third kappa shape index (κ3) is 5.58. The van der Waals surface area contributed by atoms with Gasteiger partial charge in [-0.1, -0.05) is 25.1 Å². The Labute approximate surface area is 176 Å². The lowest BCUT2D eigenvalue weighted by Gasteiger charge is -2.23. The van der Waals surface area contributed by atoms with Crippen molar-refractivity contribution in [2.45, 2.75) is 32.2 Å². The topological polar surface area (TPSA) is 108 Å². The van der Waals surface area contributed by atoms with E-state index in [1.165, 1.54) is 4.31 Å². The quantitative estimate of drug-likeness (QED) is 0.625. The standard InChI is InChI=1S/C21H26N4O4S/c1-2-15-30(28,29)25-14-6-9-19(25)20(26)22-17-10-12-18(13-11-17)24-21(27)23-16-7-4-3-5-8-16/h3-5,7-8,10-13,19H,2,6,9,14-15H2,1H3,(H,22,26)(H2,23,24,27)/t19-/m1/s1. The van der Waals surface area contributed by atoms with Crippen LogP contribution in [0.2, 0.25) is 0 Å². The number of rotatable bonds is 7. The van der Waals surface area contributed by atoms with E-state index in [2.05, 4.69) is 16.0 Å². The number of nitrogens with one attached hydrogen (secondary N) is 3. The van der Waals surface area contributed by atoms with Gasteiger partial charge in [-0.25, -0.2) is 13.2 Å². The number of sulfonamides is 1. The third-order valence-electron chi connectivity index (χ3n) is 4.77. The summed E-state index contributed by atoms with van der Waals surface area (Å²) in [6.45, 7) is 2.18. The van der Waals surface area contributed by atoms with Crippen molar-refractivity contribution in [1.29, 1.82) is 0 Å². The average molecular weight is 431 g/mol. The number of para-hydroxylation sites is 1. The first-order chi connectivity index (χ1) is 14.4. The van der Waals surface area contributed by atoms with Gasteiger partial charge in [0.05, 0.1) is 5.75 Å². The lowest BCUT2D eigenvalue weighted by Crippen LogP contribution is -2.44. The smallest absolute Gasteiger partial charge is 0.323 e. The summed E-state index contributed by atoms with van der Waals surface area (Å²) in [5.74, 6) is -0.294. The second kappa shape index (κ2) is 9.73. The van der Waals surface area contributed by atoms with E-state index in [0.29, 0.717) is 42.9 Å². The number of hydrogen-bond donors (Lipinski definition) is 3. The monoisotopic (exact) mass is 430 g/mol. The number of hydrogen-bond acceptors (Lipinski definition) is 4. The number of urea groups is 1. The molecule has 0 saturated carbocycles. The van der Waals surface area contributed by atoms with Crippen molar-refractivity contribution in [3.8, 4) is 0 Å². The summed E-state index contributed by atoms with van der Waals surface area (Å²) in [5.41, 5.74) is 1.78. The zero-order valence-electron chi connectivity index (χ0n) is 16.8. The molecule has 0 spiro atoms. The fourth-order valence-electron chi connectivity index (χ4n) is 3.39. The van der Waals surface area contributed by atoms with E-state index >= 15 is 0 Å². The van der Waals surface area contributed by atoms with Crippen molar-refractivity contribution in [2.24, 2.45) is 0 Å². The lowest BCUT2D eigenvalue weighted by atomic mass is 10.2. The SMILES string of the molecule is CCCS(=O)(=O)N1CCC[C@@H]1C(=O)Nc1ccc(NC(=O)Nc2ccccc2)cc1. The second-order valence-corrected chi connectivity index (χ2v) is 9.14. The molecule has 1 aliphatic heterocycles. The van der Waals surface area contributed by atoms with Gasteiger partial charge in [-0.2, -0.15) is 4.31 Å². The molecule has 160 valence electrons. The van der Waals surface area contributed by atoms with Crippen LogP contribution in [-0.4, -0.2) is 43.0 Å². The van der Waals surface area contributed by atoms with Gasteiger partial charge >= 0.3 is 6.03 Å². The maximum atomic E-state index is 12.6. The fraction of sp³-hybridized carbons (Fsp3) is 0.333. The van der Waals surface area contributed by atoms with E-state index in [4.69, 9.17) is 0 Å². The summed E-state index contributed by atoms with van der Waals surface area (Å²) in [6, 6.07) is 14.7. The van der Waals surface area contributed by atoms with Crippen LogP contribution in [0.25, 0.3) is 0 Å². The lowest BCUT2D eigenvalue weighted by molar-refractivity contribution is -0.119. The summed E-state index contributed by atoms with van der Waals surface area (Å²) >= 11 is 0. The Morgan fingerprint density at radius 2 is 1.50 bits per heavy atom. The molecule has 1 aliphatic rings. The minimum absolute atomic E-state index is 0.0438. The zero-order chi connectivity index (χ0) is 21.6. The Balaban J connectivity index is 1.57. The minimum atomic E-state index is -3.42. The van der Waals surface area contributed by atoms with Crippen LogP contribution in [0.1, 0.15) is 26.2 Å². The summed E-state index contributed by atoms with van der Waals surface area (Å²) in [7, 11) is -3.42. The van der Waals surface area contributed by atoms with E-state index < -0.39 is 16.1 Å². The first-order valence-electron chi connectivity index (χ1n) is 9.92. The van der Waals surface area contributed by atoms with Gasteiger partial charge in [0.2, 0.25) is 15.9 Å². The minimum Gasteiger partial charge on any atom is -0.325 e. The number of benzene rings is 2. The Morgan fingerprint density at radius 1 is 0.933 bits per heavy atom. The number of anilines is 3. The molecule has 2 aromatic rings. The van der Waals surface area contributed by atoms with Gasteiger partial charge in [-0.15, -0.1) is 0 Å². The number of carbonyl (C=O) groups excluding carboxylic acids is 2. The van der Waals surface area contributed by atoms with Gasteiger partial charge in [0.1, 0.15) is 6.04 Å².